The zero-order valence-electron chi connectivity index (χ0n) is 18.3. The molecule has 164 valence electrons. The lowest BCUT2D eigenvalue weighted by Gasteiger charge is -2.48. The number of amides is 1. The van der Waals surface area contributed by atoms with E-state index in [1.54, 1.807) is 12.1 Å². The molecule has 2 fully saturated rings. The SMILES string of the molecule is CCCCN1[C@@H]2COC[C@H]1C[C@@H](NC(=O)c1nn([C@@H](C)CC)c3cccc(O)c13)C2. The first-order valence-electron chi connectivity index (χ1n) is 11.4. The van der Waals surface area contributed by atoms with Gasteiger partial charge in [-0.1, -0.05) is 26.3 Å². The summed E-state index contributed by atoms with van der Waals surface area (Å²) in [7, 11) is 0. The van der Waals surface area contributed by atoms with E-state index in [4.69, 9.17) is 4.74 Å². The van der Waals surface area contributed by atoms with Crippen molar-refractivity contribution in [3.8, 4) is 5.75 Å². The predicted octanol–water partition coefficient (Wildman–Crippen LogP) is 3.47. The Kier molecular flexibility index (Phi) is 6.29. The standard InChI is InChI=1S/C23H34N4O3/c1-4-6-10-26-17-11-16(12-18(26)14-30-13-17)24-23(29)22-21-19(8-7-9-20(21)28)27(25-22)15(3)5-2/h7-9,15-18,28H,4-6,10-14H2,1-3H3,(H,24,29)/t15-,16-,17-,18+/m0/s1. The molecule has 2 aromatic rings. The highest BCUT2D eigenvalue weighted by molar-refractivity contribution is 6.07. The molecule has 2 bridgehead atoms. The fourth-order valence-corrected chi connectivity index (χ4v) is 4.91. The first kappa shape index (κ1) is 21.1. The molecule has 30 heavy (non-hydrogen) atoms. The van der Waals surface area contributed by atoms with E-state index in [1.165, 1.54) is 12.8 Å². The van der Waals surface area contributed by atoms with Gasteiger partial charge in [0.15, 0.2) is 5.69 Å². The fraction of sp³-hybridized carbons (Fsp3) is 0.652. The van der Waals surface area contributed by atoms with Crippen LogP contribution in [0.5, 0.6) is 5.75 Å². The van der Waals surface area contributed by atoms with Crippen molar-refractivity contribution in [2.45, 2.75) is 77.0 Å². The molecule has 2 saturated heterocycles. The maximum absolute atomic E-state index is 13.2. The van der Waals surface area contributed by atoms with E-state index in [9.17, 15) is 9.90 Å². The van der Waals surface area contributed by atoms with Gasteiger partial charge in [-0.2, -0.15) is 5.10 Å². The van der Waals surface area contributed by atoms with E-state index < -0.39 is 0 Å². The number of morpholine rings is 1. The van der Waals surface area contributed by atoms with E-state index in [1.807, 2.05) is 10.7 Å². The Balaban J connectivity index is 1.54. The number of rotatable bonds is 7. The summed E-state index contributed by atoms with van der Waals surface area (Å²) < 4.78 is 7.66. The number of aromatic nitrogens is 2. The number of piperidine rings is 1. The van der Waals surface area contributed by atoms with E-state index in [0.717, 1.165) is 44.5 Å². The van der Waals surface area contributed by atoms with Gasteiger partial charge in [0.1, 0.15) is 5.75 Å². The Morgan fingerprint density at radius 3 is 2.70 bits per heavy atom. The zero-order valence-corrected chi connectivity index (χ0v) is 18.3. The summed E-state index contributed by atoms with van der Waals surface area (Å²) in [4.78, 5) is 15.8. The van der Waals surface area contributed by atoms with Crippen molar-refractivity contribution < 1.29 is 14.6 Å². The average molecular weight is 415 g/mol. The summed E-state index contributed by atoms with van der Waals surface area (Å²) in [6, 6.07) is 6.30. The summed E-state index contributed by atoms with van der Waals surface area (Å²) in [5.74, 6) is -0.0959. The van der Waals surface area contributed by atoms with Crippen LogP contribution in [0.25, 0.3) is 10.9 Å². The maximum atomic E-state index is 13.2. The molecule has 4 atom stereocenters. The average Bonchev–Trinajstić information content (AvgIpc) is 3.13. The van der Waals surface area contributed by atoms with Gasteiger partial charge in [-0.25, -0.2) is 0 Å². The van der Waals surface area contributed by atoms with E-state index >= 15 is 0 Å². The van der Waals surface area contributed by atoms with Crippen molar-refractivity contribution in [1.82, 2.24) is 20.0 Å². The number of phenolic OH excluding ortho intramolecular Hbond substituents is 1. The number of nitrogens with one attached hydrogen (secondary N) is 1. The molecule has 0 radical (unpaired) electrons. The van der Waals surface area contributed by atoms with Gasteiger partial charge in [0.2, 0.25) is 0 Å². The van der Waals surface area contributed by atoms with Gasteiger partial charge < -0.3 is 15.2 Å². The second-order valence-electron chi connectivity index (χ2n) is 8.80. The van der Waals surface area contributed by atoms with Crippen LogP contribution in [0.4, 0.5) is 0 Å². The lowest BCUT2D eigenvalue weighted by atomic mass is 9.89. The Morgan fingerprint density at radius 1 is 1.30 bits per heavy atom. The quantitative estimate of drug-likeness (QED) is 0.725. The number of nitrogens with zero attached hydrogens (tertiary/aromatic N) is 3. The highest BCUT2D eigenvalue weighted by Crippen LogP contribution is 2.32. The molecule has 7 heteroatoms. The van der Waals surface area contributed by atoms with Crippen molar-refractivity contribution in [1.29, 1.82) is 0 Å². The minimum absolute atomic E-state index is 0.101. The molecule has 1 amide bonds. The van der Waals surface area contributed by atoms with Crippen LogP contribution >= 0.6 is 0 Å². The number of aromatic hydroxyl groups is 1. The number of carbonyl (C=O) groups is 1. The molecule has 2 aliphatic rings. The van der Waals surface area contributed by atoms with Crippen LogP contribution in [0.1, 0.15) is 69.4 Å². The number of hydrogen-bond acceptors (Lipinski definition) is 5. The topological polar surface area (TPSA) is 79.6 Å². The largest absolute Gasteiger partial charge is 0.507 e. The molecular formula is C23H34N4O3. The molecule has 2 N–H and O–H groups in total. The predicted molar refractivity (Wildman–Crippen MR) is 117 cm³/mol. The van der Waals surface area contributed by atoms with Crippen molar-refractivity contribution in [3.63, 3.8) is 0 Å². The molecule has 0 aliphatic carbocycles. The molecular weight excluding hydrogens is 380 g/mol. The molecule has 0 saturated carbocycles. The number of unbranched alkanes of at least 4 members (excludes halogenated alkanes) is 1. The first-order valence-corrected chi connectivity index (χ1v) is 11.4. The van der Waals surface area contributed by atoms with E-state index in [2.05, 4.69) is 36.1 Å². The number of benzene rings is 1. The maximum Gasteiger partial charge on any atom is 0.272 e. The zero-order chi connectivity index (χ0) is 21.3. The number of ether oxygens (including phenoxy) is 1. The normalized spacial score (nSPS) is 25.4. The second-order valence-corrected chi connectivity index (χ2v) is 8.80. The molecule has 1 aromatic heterocycles. The van der Waals surface area contributed by atoms with Crippen LogP contribution in [0.15, 0.2) is 18.2 Å². The monoisotopic (exact) mass is 414 g/mol. The number of fused-ring (bicyclic) bond motifs is 3. The molecule has 0 unspecified atom stereocenters. The lowest BCUT2D eigenvalue weighted by Crippen LogP contribution is -2.60. The minimum atomic E-state index is -0.199. The van der Waals surface area contributed by atoms with Gasteiger partial charge in [-0.05, 0) is 51.3 Å². The van der Waals surface area contributed by atoms with Crippen molar-refractivity contribution >= 4 is 16.8 Å². The van der Waals surface area contributed by atoms with Crippen LogP contribution in [0.2, 0.25) is 0 Å². The van der Waals surface area contributed by atoms with Crippen LogP contribution in [0.3, 0.4) is 0 Å². The second kappa shape index (κ2) is 8.94. The molecule has 0 spiro atoms. The van der Waals surface area contributed by atoms with Gasteiger partial charge in [-0.15, -0.1) is 0 Å². The molecule has 7 nitrogen and oxygen atoms in total. The Hall–Kier alpha value is -2.12. The van der Waals surface area contributed by atoms with E-state index in [-0.39, 0.29) is 23.7 Å². The van der Waals surface area contributed by atoms with Crippen molar-refractivity contribution in [3.05, 3.63) is 23.9 Å². The Labute approximate surface area is 178 Å². The number of hydrogen-bond donors (Lipinski definition) is 2. The summed E-state index contributed by atoms with van der Waals surface area (Å²) >= 11 is 0. The molecule has 1 aromatic carbocycles. The molecule has 4 rings (SSSR count). The van der Waals surface area contributed by atoms with Crippen molar-refractivity contribution in [2.75, 3.05) is 19.8 Å². The third-order valence-electron chi connectivity index (χ3n) is 6.71. The van der Waals surface area contributed by atoms with Gasteiger partial charge in [0.25, 0.3) is 5.91 Å². The lowest BCUT2D eigenvalue weighted by molar-refractivity contribution is -0.0802. The third-order valence-corrected chi connectivity index (χ3v) is 6.71. The summed E-state index contributed by atoms with van der Waals surface area (Å²) in [6.07, 6.45) is 5.06. The van der Waals surface area contributed by atoms with Crippen LogP contribution in [-0.2, 0) is 4.74 Å². The molecule has 2 aliphatic heterocycles. The molecule has 3 heterocycles. The van der Waals surface area contributed by atoms with E-state index in [0.29, 0.717) is 23.2 Å². The minimum Gasteiger partial charge on any atom is -0.507 e. The van der Waals surface area contributed by atoms with Crippen molar-refractivity contribution in [2.24, 2.45) is 0 Å². The van der Waals surface area contributed by atoms with Gasteiger partial charge >= 0.3 is 0 Å². The van der Waals surface area contributed by atoms with Crippen LogP contribution in [0, 0.1) is 0 Å². The summed E-state index contributed by atoms with van der Waals surface area (Å²) in [5.41, 5.74) is 1.12. The Morgan fingerprint density at radius 2 is 2.03 bits per heavy atom. The number of carbonyl (C=O) groups excluding carboxylic acids is 1. The summed E-state index contributed by atoms with van der Waals surface area (Å²) in [5, 5.41) is 18.9. The van der Waals surface area contributed by atoms with Gasteiger partial charge in [0, 0.05) is 24.2 Å². The fourth-order valence-electron chi connectivity index (χ4n) is 4.91. The number of phenols is 1. The third kappa shape index (κ3) is 3.93. The Bertz CT molecular complexity index is 882. The van der Waals surface area contributed by atoms with Crippen LogP contribution in [-0.4, -0.2) is 63.6 Å². The first-order chi connectivity index (χ1) is 14.5. The van der Waals surface area contributed by atoms with Gasteiger partial charge in [-0.3, -0.25) is 14.4 Å². The smallest absolute Gasteiger partial charge is 0.272 e. The highest BCUT2D eigenvalue weighted by Gasteiger charge is 2.39. The summed E-state index contributed by atoms with van der Waals surface area (Å²) in [6.45, 7) is 8.96. The van der Waals surface area contributed by atoms with Gasteiger partial charge in [0.05, 0.1) is 24.1 Å². The van der Waals surface area contributed by atoms with Crippen LogP contribution < -0.4 is 5.32 Å². The highest BCUT2D eigenvalue weighted by atomic mass is 16.5.